The minimum atomic E-state index is -0.450. The number of hydrogen-bond donors (Lipinski definition) is 1. The number of aliphatic imine (C=N–C) groups is 1. The Morgan fingerprint density at radius 3 is 2.86 bits per heavy atom. The molecule has 2 aromatic heterocycles. The molecule has 0 aliphatic carbocycles. The number of halogens is 1. The number of aliphatic hydroxyl groups excluding tert-OH is 1. The predicted octanol–water partition coefficient (Wildman–Crippen LogP) is 3.86. The number of amides is 1. The number of β-amino-alcohol motifs (C(OH)–C–C–N with tert-alkyl or cyclic N) is 1. The monoisotopic (exact) mass is 494 g/mol. The second-order valence-corrected chi connectivity index (χ2v) is 10.2. The van der Waals surface area contributed by atoms with Crippen molar-refractivity contribution in [1.82, 2.24) is 19.5 Å². The molecule has 4 heterocycles. The molecular formula is C26H31ClN6O2. The first kappa shape index (κ1) is 23.8. The highest BCUT2D eigenvalue weighted by Gasteiger charge is 2.34. The molecule has 2 fully saturated rings. The average molecular weight is 495 g/mol. The Kier molecular flexibility index (Phi) is 6.51. The fourth-order valence-electron chi connectivity index (χ4n) is 5.30. The zero-order valence-corrected chi connectivity index (χ0v) is 20.9. The number of piperidine rings is 1. The highest BCUT2D eigenvalue weighted by atomic mass is 35.5. The van der Waals surface area contributed by atoms with Crippen molar-refractivity contribution in [2.45, 2.75) is 45.3 Å². The lowest BCUT2D eigenvalue weighted by Crippen LogP contribution is -2.38. The fourth-order valence-corrected chi connectivity index (χ4v) is 5.62. The number of fused-ring (bicyclic) bond motifs is 1. The molecule has 0 bridgehead atoms. The number of aromatic nitrogens is 3. The number of carbonyl (C=O) groups excluding carboxylic acids is 1. The van der Waals surface area contributed by atoms with E-state index in [-0.39, 0.29) is 17.9 Å². The molecule has 0 spiro atoms. The van der Waals surface area contributed by atoms with Crippen LogP contribution >= 0.6 is 11.6 Å². The summed E-state index contributed by atoms with van der Waals surface area (Å²) in [5, 5.41) is 15.7. The molecule has 3 aromatic rings. The summed E-state index contributed by atoms with van der Waals surface area (Å²) in [6, 6.07) is 7.41. The molecule has 0 unspecified atom stereocenters. The van der Waals surface area contributed by atoms with E-state index >= 15 is 0 Å². The zero-order valence-electron chi connectivity index (χ0n) is 20.2. The number of anilines is 1. The van der Waals surface area contributed by atoms with E-state index in [1.165, 1.54) is 0 Å². The Morgan fingerprint density at radius 2 is 2.09 bits per heavy atom. The Morgan fingerprint density at radius 1 is 1.26 bits per heavy atom. The van der Waals surface area contributed by atoms with Gasteiger partial charge in [0.2, 0.25) is 0 Å². The van der Waals surface area contributed by atoms with Crippen molar-refractivity contribution >= 4 is 35.7 Å². The molecule has 2 aliphatic rings. The van der Waals surface area contributed by atoms with Crippen molar-refractivity contribution < 1.29 is 9.90 Å². The van der Waals surface area contributed by atoms with Gasteiger partial charge in [-0.1, -0.05) is 17.7 Å². The Balaban J connectivity index is 1.44. The van der Waals surface area contributed by atoms with Gasteiger partial charge in [0.05, 0.1) is 28.4 Å². The first-order valence-corrected chi connectivity index (χ1v) is 12.5. The van der Waals surface area contributed by atoms with Gasteiger partial charge in [-0.25, -0.2) is 9.50 Å². The smallest absolute Gasteiger partial charge is 0.255 e. The Labute approximate surface area is 210 Å². The Hall–Kier alpha value is -2.97. The number of carbonyl (C=O) groups is 1. The van der Waals surface area contributed by atoms with Crippen molar-refractivity contribution in [1.29, 1.82) is 0 Å². The third-order valence-corrected chi connectivity index (χ3v) is 7.47. The van der Waals surface area contributed by atoms with Gasteiger partial charge in [-0.15, -0.1) is 0 Å². The molecule has 1 N–H and O–H groups in total. The lowest BCUT2D eigenvalue weighted by molar-refractivity contribution is 0.0606. The molecule has 9 heteroatoms. The highest BCUT2D eigenvalue weighted by molar-refractivity contribution is 6.33. The van der Waals surface area contributed by atoms with Crippen molar-refractivity contribution in [2.24, 2.45) is 10.9 Å². The van der Waals surface area contributed by atoms with Crippen LogP contribution in [0.4, 0.5) is 5.82 Å². The number of aliphatic hydroxyl groups is 1. The largest absolute Gasteiger partial charge is 0.391 e. The fraction of sp³-hybridized carbons (Fsp3) is 0.462. The lowest BCUT2D eigenvalue weighted by atomic mass is 9.98. The lowest BCUT2D eigenvalue weighted by Gasteiger charge is -2.35. The van der Waals surface area contributed by atoms with E-state index < -0.39 is 6.10 Å². The van der Waals surface area contributed by atoms with Gasteiger partial charge in [-0.3, -0.25) is 4.79 Å². The maximum atomic E-state index is 13.5. The van der Waals surface area contributed by atoms with Crippen LogP contribution in [-0.2, 0) is 0 Å². The van der Waals surface area contributed by atoms with E-state index in [1.54, 1.807) is 4.52 Å². The van der Waals surface area contributed by atoms with Gasteiger partial charge >= 0.3 is 0 Å². The number of aryl methyl sites for hydroxylation is 2. The van der Waals surface area contributed by atoms with Gasteiger partial charge in [0.15, 0.2) is 5.65 Å². The van der Waals surface area contributed by atoms with Crippen LogP contribution in [-0.4, -0.2) is 69.5 Å². The summed E-state index contributed by atoms with van der Waals surface area (Å²) >= 11 is 6.43. The second-order valence-electron chi connectivity index (χ2n) is 9.75. The summed E-state index contributed by atoms with van der Waals surface area (Å²) in [6.07, 6.45) is 4.36. The summed E-state index contributed by atoms with van der Waals surface area (Å²) < 4.78 is 1.79. The third-order valence-electron chi connectivity index (χ3n) is 7.15. The number of benzene rings is 1. The van der Waals surface area contributed by atoms with Crippen LogP contribution in [0.3, 0.4) is 0 Å². The standard InChI is InChI=1S/C26H31ClN6O2/c1-16-7-8-19(20(27)10-16)26(35)32-9-5-4-6-22(32)21-11-24-29-25(17(2)13-33(24)30-21)31-14-18(12-28-3)23(34)15-31/h7-8,10-11,13,18,22-23,34H,3-6,9,12,14-15H2,1-2H3/t18-,22+,23+/m1/s1. The first-order chi connectivity index (χ1) is 16.9. The second kappa shape index (κ2) is 9.59. The molecule has 8 nitrogen and oxygen atoms in total. The Bertz CT molecular complexity index is 1270. The normalized spacial score (nSPS) is 22.7. The summed E-state index contributed by atoms with van der Waals surface area (Å²) in [7, 11) is 0. The van der Waals surface area contributed by atoms with E-state index in [1.807, 2.05) is 49.2 Å². The molecule has 1 aromatic carbocycles. The van der Waals surface area contributed by atoms with Gasteiger partial charge in [-0.2, -0.15) is 5.10 Å². The van der Waals surface area contributed by atoms with Crippen molar-refractivity contribution in [3.8, 4) is 0 Å². The van der Waals surface area contributed by atoms with E-state index in [0.717, 1.165) is 47.5 Å². The van der Waals surface area contributed by atoms with E-state index in [4.69, 9.17) is 21.7 Å². The number of hydrogen-bond acceptors (Lipinski definition) is 6. The summed E-state index contributed by atoms with van der Waals surface area (Å²) in [5.41, 5.74) is 4.10. The van der Waals surface area contributed by atoms with Gasteiger partial charge in [0.1, 0.15) is 5.82 Å². The summed E-state index contributed by atoms with van der Waals surface area (Å²) in [4.78, 5) is 26.4. The van der Waals surface area contributed by atoms with Crippen molar-refractivity contribution in [3.63, 3.8) is 0 Å². The quantitative estimate of drug-likeness (QED) is 0.544. The van der Waals surface area contributed by atoms with Crippen molar-refractivity contribution in [2.75, 3.05) is 31.1 Å². The van der Waals surface area contributed by atoms with Gasteiger partial charge < -0.3 is 19.9 Å². The maximum Gasteiger partial charge on any atom is 0.255 e. The number of rotatable bonds is 5. The minimum Gasteiger partial charge on any atom is -0.391 e. The van der Waals surface area contributed by atoms with Gasteiger partial charge in [-0.05, 0) is 57.5 Å². The molecule has 2 aliphatic heterocycles. The van der Waals surface area contributed by atoms with Crippen LogP contribution in [0.1, 0.15) is 52.5 Å². The molecule has 184 valence electrons. The minimum absolute atomic E-state index is 0.0563. The summed E-state index contributed by atoms with van der Waals surface area (Å²) in [6.45, 7) is 9.95. The van der Waals surface area contributed by atoms with Gasteiger partial charge in [0.25, 0.3) is 5.91 Å². The number of nitrogens with zero attached hydrogens (tertiary/aromatic N) is 6. The maximum absolute atomic E-state index is 13.5. The number of likely N-dealkylation sites (tertiary alicyclic amines) is 1. The van der Waals surface area contributed by atoms with Crippen LogP contribution < -0.4 is 4.90 Å². The van der Waals surface area contributed by atoms with E-state index in [9.17, 15) is 9.90 Å². The third kappa shape index (κ3) is 4.52. The van der Waals surface area contributed by atoms with Crippen molar-refractivity contribution in [3.05, 3.63) is 57.9 Å². The predicted molar refractivity (Wildman–Crippen MR) is 138 cm³/mol. The van der Waals surface area contributed by atoms with Crippen LogP contribution in [0.25, 0.3) is 5.65 Å². The van der Waals surface area contributed by atoms with Crippen LogP contribution in [0.5, 0.6) is 0 Å². The van der Waals surface area contributed by atoms with E-state index in [0.29, 0.717) is 36.8 Å². The molecular weight excluding hydrogens is 464 g/mol. The molecule has 1 amide bonds. The SMILES string of the molecule is C=NC[C@@H]1CN(c2nc3cc([C@@H]4CCCCN4C(=O)c4ccc(C)cc4Cl)nn3cc2C)C[C@@H]1O. The zero-order chi connectivity index (χ0) is 24.7. The molecule has 5 rings (SSSR count). The van der Waals surface area contributed by atoms with E-state index in [2.05, 4.69) is 16.6 Å². The highest BCUT2D eigenvalue weighted by Crippen LogP contribution is 2.34. The molecule has 0 saturated carbocycles. The van der Waals surface area contributed by atoms with Crippen LogP contribution in [0, 0.1) is 19.8 Å². The van der Waals surface area contributed by atoms with Gasteiger partial charge in [0, 0.05) is 49.9 Å². The first-order valence-electron chi connectivity index (χ1n) is 12.1. The molecule has 2 saturated heterocycles. The topological polar surface area (TPSA) is 86.3 Å². The molecule has 3 atom stereocenters. The average Bonchev–Trinajstić information content (AvgIpc) is 3.41. The van der Waals surface area contributed by atoms with Crippen LogP contribution in [0.2, 0.25) is 5.02 Å². The van der Waals surface area contributed by atoms with Crippen LogP contribution in [0.15, 0.2) is 35.5 Å². The molecule has 0 radical (unpaired) electrons. The summed E-state index contributed by atoms with van der Waals surface area (Å²) in [5.74, 6) is 0.841. The molecule has 35 heavy (non-hydrogen) atoms.